The van der Waals surface area contributed by atoms with Gasteiger partial charge in [0.05, 0.1) is 17.6 Å². The summed E-state index contributed by atoms with van der Waals surface area (Å²) in [6.07, 6.45) is 5.87. The fourth-order valence-electron chi connectivity index (χ4n) is 4.87. The van der Waals surface area contributed by atoms with Gasteiger partial charge in [-0.05, 0) is 71.6 Å². The molecule has 3 aromatic rings. The number of alkyl carbamates (subject to hydrolysis) is 1. The lowest BCUT2D eigenvalue weighted by Gasteiger charge is -2.39. The van der Waals surface area contributed by atoms with Crippen LogP contribution in [0.4, 0.5) is 26.8 Å². The molecule has 0 radical (unpaired) electrons. The molecule has 0 aromatic carbocycles. The highest BCUT2D eigenvalue weighted by Gasteiger charge is 2.31. The lowest BCUT2D eigenvalue weighted by Crippen LogP contribution is -2.51. The standard InChI is InChI=1S/C31H40N6O6/c1-9-19-13-23-25(33-14-19)24(27(41-23)36-29(40)43-31(6,7)8)26(38)35-21-15-32-11-10-22(21)37-16-18(2)12-20(17-37)34-28(39)42-30(3,4)5/h9-11,13-15,18,20H,1,12,16-17H2,2-8H3,(H,34,39)(H,35,38)(H,36,40). The van der Waals surface area contributed by atoms with Crippen LogP contribution in [0.3, 0.4) is 0 Å². The van der Waals surface area contributed by atoms with Crippen LogP contribution < -0.4 is 20.9 Å². The quantitative estimate of drug-likeness (QED) is 0.304. The number of nitrogens with zero attached hydrogens (tertiary/aromatic N) is 3. The molecule has 1 aliphatic heterocycles. The summed E-state index contributed by atoms with van der Waals surface area (Å²) in [5.74, 6) is -0.420. The molecule has 0 aliphatic carbocycles. The number of fused-ring (bicyclic) bond motifs is 1. The van der Waals surface area contributed by atoms with Gasteiger partial charge in [0.15, 0.2) is 5.58 Å². The predicted octanol–water partition coefficient (Wildman–Crippen LogP) is 6.20. The second-order valence-corrected chi connectivity index (χ2v) is 12.7. The third-order valence-electron chi connectivity index (χ3n) is 6.39. The molecule has 4 rings (SSSR count). The molecule has 12 nitrogen and oxygen atoms in total. The summed E-state index contributed by atoms with van der Waals surface area (Å²) < 4.78 is 16.7. The second-order valence-electron chi connectivity index (χ2n) is 12.7. The molecule has 12 heteroatoms. The highest BCUT2D eigenvalue weighted by atomic mass is 16.6. The zero-order valence-corrected chi connectivity index (χ0v) is 25.7. The van der Waals surface area contributed by atoms with Crippen molar-refractivity contribution in [1.82, 2.24) is 15.3 Å². The minimum absolute atomic E-state index is 0.0303. The summed E-state index contributed by atoms with van der Waals surface area (Å²) in [6.45, 7) is 17.7. The molecule has 2 atom stereocenters. The minimum Gasteiger partial charge on any atom is -0.444 e. The maximum Gasteiger partial charge on any atom is 0.414 e. The van der Waals surface area contributed by atoms with Gasteiger partial charge in [-0.2, -0.15) is 0 Å². The summed E-state index contributed by atoms with van der Waals surface area (Å²) in [6, 6.07) is 3.32. The molecule has 0 spiro atoms. The predicted molar refractivity (Wildman–Crippen MR) is 165 cm³/mol. The van der Waals surface area contributed by atoms with Gasteiger partial charge in [-0.15, -0.1) is 0 Å². The van der Waals surface area contributed by atoms with Crippen molar-refractivity contribution in [3.05, 3.63) is 48.4 Å². The van der Waals surface area contributed by atoms with E-state index in [4.69, 9.17) is 13.9 Å². The number of carbonyl (C=O) groups is 3. The zero-order chi connectivity index (χ0) is 31.5. The van der Waals surface area contributed by atoms with Crippen molar-refractivity contribution in [3.63, 3.8) is 0 Å². The average molecular weight is 593 g/mol. The Kier molecular flexibility index (Phi) is 8.98. The number of pyridine rings is 2. The van der Waals surface area contributed by atoms with Crippen LogP contribution in [-0.4, -0.2) is 58.4 Å². The minimum atomic E-state index is -0.780. The Morgan fingerprint density at radius 3 is 2.42 bits per heavy atom. The number of amides is 3. The number of rotatable bonds is 6. The van der Waals surface area contributed by atoms with Gasteiger partial charge in [0.1, 0.15) is 22.3 Å². The lowest BCUT2D eigenvalue weighted by atomic mass is 9.95. The van der Waals surface area contributed by atoms with Crippen LogP contribution in [0.5, 0.6) is 0 Å². The van der Waals surface area contributed by atoms with Gasteiger partial charge in [0, 0.05) is 31.5 Å². The van der Waals surface area contributed by atoms with Gasteiger partial charge in [-0.1, -0.05) is 19.6 Å². The van der Waals surface area contributed by atoms with Crippen molar-refractivity contribution >= 4 is 52.5 Å². The Morgan fingerprint density at radius 2 is 1.74 bits per heavy atom. The van der Waals surface area contributed by atoms with E-state index in [0.29, 0.717) is 29.9 Å². The smallest absolute Gasteiger partial charge is 0.414 e. The first-order valence-electron chi connectivity index (χ1n) is 14.2. The molecule has 1 saturated heterocycles. The van der Waals surface area contributed by atoms with Gasteiger partial charge >= 0.3 is 12.2 Å². The normalized spacial score (nSPS) is 17.2. The van der Waals surface area contributed by atoms with Gasteiger partial charge in [0.2, 0.25) is 5.88 Å². The summed E-state index contributed by atoms with van der Waals surface area (Å²) in [5, 5.41) is 8.45. The molecule has 1 aliphatic rings. The summed E-state index contributed by atoms with van der Waals surface area (Å²) in [5.41, 5.74) is 1.06. The Morgan fingerprint density at radius 1 is 1.05 bits per heavy atom. The van der Waals surface area contributed by atoms with E-state index in [1.807, 2.05) is 20.8 Å². The van der Waals surface area contributed by atoms with Crippen molar-refractivity contribution in [2.75, 3.05) is 28.6 Å². The SMILES string of the molecule is C=Cc1cnc2c(C(=O)Nc3cnccc3N3CC(C)CC(NC(=O)OC(C)(C)C)C3)c(NC(=O)OC(C)(C)C)oc2c1. The Balaban J connectivity index is 1.61. The number of ether oxygens (including phenoxy) is 2. The number of carbonyl (C=O) groups excluding carboxylic acids is 3. The average Bonchev–Trinajstić information content (AvgIpc) is 3.23. The van der Waals surface area contributed by atoms with Gasteiger partial charge in [-0.3, -0.25) is 20.1 Å². The van der Waals surface area contributed by atoms with Crippen LogP contribution in [0.25, 0.3) is 17.2 Å². The molecular formula is C31H40N6O6. The number of hydrogen-bond acceptors (Lipinski definition) is 9. The third kappa shape index (κ3) is 8.24. The maximum atomic E-state index is 13.8. The molecule has 3 aromatic heterocycles. The van der Waals surface area contributed by atoms with Gasteiger partial charge < -0.3 is 29.4 Å². The number of anilines is 3. The zero-order valence-electron chi connectivity index (χ0n) is 25.7. The van der Waals surface area contributed by atoms with Crippen molar-refractivity contribution in [2.24, 2.45) is 5.92 Å². The van der Waals surface area contributed by atoms with Crippen molar-refractivity contribution in [1.29, 1.82) is 0 Å². The fraction of sp³-hybridized carbons (Fsp3) is 0.452. The monoisotopic (exact) mass is 592 g/mol. The van der Waals surface area contributed by atoms with Crippen molar-refractivity contribution in [3.8, 4) is 0 Å². The fourth-order valence-corrected chi connectivity index (χ4v) is 4.87. The van der Waals surface area contributed by atoms with Crippen LogP contribution in [0.15, 0.2) is 41.7 Å². The number of nitrogens with one attached hydrogen (secondary N) is 3. The van der Waals surface area contributed by atoms with Gasteiger partial charge in [0.25, 0.3) is 5.91 Å². The van der Waals surface area contributed by atoms with E-state index in [1.54, 1.807) is 57.6 Å². The second kappa shape index (κ2) is 12.3. The highest BCUT2D eigenvalue weighted by Crippen LogP contribution is 2.33. The number of piperidine rings is 1. The first-order chi connectivity index (χ1) is 20.1. The Bertz CT molecular complexity index is 1520. The van der Waals surface area contributed by atoms with Crippen LogP contribution in [0.2, 0.25) is 0 Å². The Hall–Kier alpha value is -4.61. The van der Waals surface area contributed by atoms with Crippen molar-refractivity contribution < 1.29 is 28.3 Å². The topological polar surface area (TPSA) is 148 Å². The number of aromatic nitrogens is 2. The number of hydrogen-bond donors (Lipinski definition) is 3. The molecule has 3 N–H and O–H groups in total. The summed E-state index contributed by atoms with van der Waals surface area (Å²) in [4.78, 5) is 49.6. The molecule has 3 amide bonds. The molecule has 1 fully saturated rings. The molecular weight excluding hydrogens is 552 g/mol. The lowest BCUT2D eigenvalue weighted by molar-refractivity contribution is 0.0494. The van der Waals surface area contributed by atoms with E-state index < -0.39 is 29.3 Å². The highest BCUT2D eigenvalue weighted by molar-refractivity contribution is 6.16. The summed E-state index contributed by atoms with van der Waals surface area (Å²) >= 11 is 0. The van der Waals surface area contributed by atoms with Crippen LogP contribution in [-0.2, 0) is 9.47 Å². The van der Waals surface area contributed by atoms with Crippen LogP contribution in [0, 0.1) is 5.92 Å². The molecule has 2 unspecified atom stereocenters. The van der Waals surface area contributed by atoms with E-state index in [2.05, 4.69) is 44.3 Å². The largest absolute Gasteiger partial charge is 0.444 e. The Labute approximate surface area is 251 Å². The first-order valence-corrected chi connectivity index (χ1v) is 14.2. The number of furan rings is 1. The van der Waals surface area contributed by atoms with E-state index in [1.165, 1.54) is 0 Å². The van der Waals surface area contributed by atoms with Crippen LogP contribution >= 0.6 is 0 Å². The molecule has 230 valence electrons. The maximum absolute atomic E-state index is 13.8. The van der Waals surface area contributed by atoms with E-state index in [-0.39, 0.29) is 28.9 Å². The first kappa shape index (κ1) is 31.3. The van der Waals surface area contributed by atoms with E-state index in [9.17, 15) is 14.4 Å². The molecule has 4 heterocycles. The third-order valence-corrected chi connectivity index (χ3v) is 6.39. The molecule has 0 saturated carbocycles. The molecule has 0 bridgehead atoms. The van der Waals surface area contributed by atoms with Gasteiger partial charge in [-0.25, -0.2) is 9.59 Å². The van der Waals surface area contributed by atoms with Crippen LogP contribution in [0.1, 0.15) is 70.8 Å². The van der Waals surface area contributed by atoms with Crippen molar-refractivity contribution in [2.45, 2.75) is 72.1 Å². The van der Waals surface area contributed by atoms with E-state index >= 15 is 0 Å². The van der Waals surface area contributed by atoms with E-state index in [0.717, 1.165) is 12.1 Å². The molecule has 43 heavy (non-hydrogen) atoms. The summed E-state index contributed by atoms with van der Waals surface area (Å²) in [7, 11) is 0.